The molecule has 0 saturated heterocycles. The molecule has 0 amide bonds. The van der Waals surface area contributed by atoms with Crippen molar-refractivity contribution in [3.63, 3.8) is 0 Å². The number of hydrogen-bond donors (Lipinski definition) is 2. The molecule has 7 heteroatoms. The van der Waals surface area contributed by atoms with Crippen molar-refractivity contribution in [1.82, 2.24) is 10.6 Å². The van der Waals surface area contributed by atoms with Crippen molar-refractivity contribution in [2.75, 3.05) is 7.05 Å². The Morgan fingerprint density at radius 3 is 2.75 bits per heavy atom. The number of aliphatic imine (C=N–C) groups is 1. The zero-order valence-electron chi connectivity index (χ0n) is 9.02. The van der Waals surface area contributed by atoms with Gasteiger partial charge in [-0.1, -0.05) is 6.07 Å². The van der Waals surface area contributed by atoms with Crippen LogP contribution in [0.15, 0.2) is 23.2 Å². The van der Waals surface area contributed by atoms with Gasteiger partial charge < -0.3 is 5.43 Å². The average molecular weight is 240 g/mol. The second-order valence-corrected chi connectivity index (χ2v) is 3.41. The Kier molecular flexibility index (Phi) is 4.34. The van der Waals surface area contributed by atoms with E-state index in [1.807, 2.05) is 6.92 Å². The molecule has 1 aromatic rings. The van der Waals surface area contributed by atoms with E-state index in [2.05, 4.69) is 25.0 Å². The van der Waals surface area contributed by atoms with Crippen LogP contribution in [-0.2, 0) is 0 Å². The summed E-state index contributed by atoms with van der Waals surface area (Å²) in [5.41, 5.74) is 4.15. The molecular weight excluding hydrogens is 227 g/mol. The summed E-state index contributed by atoms with van der Waals surface area (Å²) in [5.74, 6) is 0.422. The van der Waals surface area contributed by atoms with Crippen molar-refractivity contribution < 1.29 is 4.92 Å². The molecule has 0 aliphatic heterocycles. The predicted octanol–water partition coefficient (Wildman–Crippen LogP) is 1.16. The fourth-order valence-corrected chi connectivity index (χ4v) is 1.45. The summed E-state index contributed by atoms with van der Waals surface area (Å²) in [6, 6.07) is 4.89. The zero-order chi connectivity index (χ0) is 12.1. The van der Waals surface area contributed by atoms with Crippen molar-refractivity contribution >= 4 is 20.9 Å². The topological polar surface area (TPSA) is 79.6 Å². The SMILES string of the molecule is CN=C(NNP)c1cc(C)ccc1[N+](=O)[O-]. The van der Waals surface area contributed by atoms with Crippen molar-refractivity contribution in [2.45, 2.75) is 6.92 Å². The number of benzene rings is 1. The minimum Gasteiger partial charge on any atom is -0.302 e. The maximum absolute atomic E-state index is 10.9. The quantitative estimate of drug-likeness (QED) is 0.273. The Bertz CT molecular complexity index is 434. The second-order valence-electron chi connectivity index (χ2n) is 3.12. The van der Waals surface area contributed by atoms with Crippen molar-refractivity contribution in [1.29, 1.82) is 0 Å². The van der Waals surface area contributed by atoms with Crippen LogP contribution < -0.4 is 10.6 Å². The van der Waals surface area contributed by atoms with E-state index in [1.165, 1.54) is 6.07 Å². The molecule has 0 saturated carbocycles. The number of nitrogens with one attached hydrogen (secondary N) is 2. The fraction of sp³-hybridized carbons (Fsp3) is 0.222. The molecule has 1 unspecified atom stereocenters. The molecule has 2 N–H and O–H groups in total. The molecule has 1 rings (SSSR count). The second kappa shape index (κ2) is 5.53. The van der Waals surface area contributed by atoms with Gasteiger partial charge in [0.2, 0.25) is 0 Å². The minimum absolute atomic E-state index is 0.0268. The molecule has 0 aliphatic rings. The summed E-state index contributed by atoms with van der Waals surface area (Å²) < 4.78 is 0. The fourth-order valence-electron chi connectivity index (χ4n) is 1.31. The molecule has 0 heterocycles. The van der Waals surface area contributed by atoms with Gasteiger partial charge in [-0.05, 0) is 27.9 Å². The van der Waals surface area contributed by atoms with Crippen LogP contribution in [-0.4, -0.2) is 17.8 Å². The first-order valence-corrected chi connectivity index (χ1v) is 5.11. The maximum atomic E-state index is 10.9. The third kappa shape index (κ3) is 2.74. The molecule has 0 aromatic heterocycles. The van der Waals surface area contributed by atoms with Crippen LogP contribution in [0.3, 0.4) is 0 Å². The molecule has 1 aromatic carbocycles. The molecule has 0 bridgehead atoms. The standard InChI is InChI=1S/C9H13N4O2P/c1-6-3-4-8(13(14)15)7(5-6)9(10-2)11-12-16/h3-5,12H,16H2,1-2H3,(H,10,11). The largest absolute Gasteiger partial charge is 0.302 e. The number of amidine groups is 1. The van der Waals surface area contributed by atoms with E-state index in [0.717, 1.165) is 5.56 Å². The number of nitrogens with zero attached hydrogens (tertiary/aromatic N) is 2. The molecule has 0 radical (unpaired) electrons. The lowest BCUT2D eigenvalue weighted by Crippen LogP contribution is -2.31. The Balaban J connectivity index is 3.28. The van der Waals surface area contributed by atoms with Gasteiger partial charge in [-0.15, -0.1) is 0 Å². The van der Waals surface area contributed by atoms with Gasteiger partial charge in [0, 0.05) is 13.1 Å². The zero-order valence-corrected chi connectivity index (χ0v) is 10.2. The van der Waals surface area contributed by atoms with E-state index >= 15 is 0 Å². The van der Waals surface area contributed by atoms with E-state index in [0.29, 0.717) is 11.4 Å². The molecule has 0 spiro atoms. The lowest BCUT2D eigenvalue weighted by atomic mass is 10.1. The lowest BCUT2D eigenvalue weighted by molar-refractivity contribution is -0.385. The molecule has 86 valence electrons. The number of aryl methyl sites for hydroxylation is 1. The number of nitro groups is 1. The summed E-state index contributed by atoms with van der Waals surface area (Å²) in [7, 11) is 3.81. The first-order chi connectivity index (χ1) is 7.60. The van der Waals surface area contributed by atoms with Crippen molar-refractivity contribution in [3.8, 4) is 0 Å². The number of hydrogen-bond acceptors (Lipinski definition) is 4. The highest BCUT2D eigenvalue weighted by molar-refractivity contribution is 7.13. The van der Waals surface area contributed by atoms with Gasteiger partial charge >= 0.3 is 0 Å². The first kappa shape index (κ1) is 12.5. The van der Waals surface area contributed by atoms with Crippen LogP contribution in [0.2, 0.25) is 0 Å². The van der Waals surface area contributed by atoms with Crippen LogP contribution in [0.4, 0.5) is 5.69 Å². The Morgan fingerprint density at radius 1 is 1.56 bits per heavy atom. The van der Waals surface area contributed by atoms with Crippen molar-refractivity contribution in [3.05, 3.63) is 39.4 Å². The first-order valence-electron chi connectivity index (χ1n) is 4.54. The summed E-state index contributed by atoms with van der Waals surface area (Å²) >= 11 is 0. The number of rotatable bonds is 3. The van der Waals surface area contributed by atoms with Crippen LogP contribution in [0.5, 0.6) is 0 Å². The predicted molar refractivity (Wildman–Crippen MR) is 66.3 cm³/mol. The average Bonchev–Trinajstić information content (AvgIpc) is 2.25. The Morgan fingerprint density at radius 2 is 2.25 bits per heavy atom. The van der Waals surface area contributed by atoms with Crippen LogP contribution >= 0.6 is 9.39 Å². The number of hydrazine groups is 1. The molecule has 0 aliphatic carbocycles. The molecular formula is C9H13N4O2P. The van der Waals surface area contributed by atoms with E-state index in [9.17, 15) is 10.1 Å². The minimum atomic E-state index is -0.426. The van der Waals surface area contributed by atoms with Crippen LogP contribution in [0, 0.1) is 17.0 Å². The highest BCUT2D eigenvalue weighted by Gasteiger charge is 2.17. The molecule has 6 nitrogen and oxygen atoms in total. The van der Waals surface area contributed by atoms with Gasteiger partial charge in [0.15, 0.2) is 0 Å². The molecule has 16 heavy (non-hydrogen) atoms. The van der Waals surface area contributed by atoms with Gasteiger partial charge in [-0.3, -0.25) is 15.1 Å². The normalized spacial score (nSPS) is 11.3. The third-order valence-corrected chi connectivity index (χ3v) is 2.16. The van der Waals surface area contributed by atoms with Crippen molar-refractivity contribution in [2.24, 2.45) is 4.99 Å². The summed E-state index contributed by atoms with van der Waals surface area (Å²) in [5, 5.41) is 13.5. The monoisotopic (exact) mass is 240 g/mol. The molecule has 1 atom stereocenters. The van der Waals surface area contributed by atoms with Gasteiger partial charge in [-0.25, -0.2) is 5.20 Å². The summed E-state index contributed by atoms with van der Waals surface area (Å²) in [6.45, 7) is 1.87. The van der Waals surface area contributed by atoms with Gasteiger partial charge in [0.1, 0.15) is 5.84 Å². The summed E-state index contributed by atoms with van der Waals surface area (Å²) in [6.07, 6.45) is 0. The van der Waals surface area contributed by atoms with Gasteiger partial charge in [0.25, 0.3) is 5.69 Å². The van der Waals surface area contributed by atoms with E-state index < -0.39 is 4.92 Å². The highest BCUT2D eigenvalue weighted by Crippen LogP contribution is 2.19. The van der Waals surface area contributed by atoms with E-state index in [1.54, 1.807) is 19.2 Å². The maximum Gasteiger partial charge on any atom is 0.280 e. The Hall–Kier alpha value is -1.52. The van der Waals surface area contributed by atoms with E-state index in [-0.39, 0.29) is 5.69 Å². The smallest absolute Gasteiger partial charge is 0.280 e. The van der Waals surface area contributed by atoms with Gasteiger partial charge in [0.05, 0.1) is 10.5 Å². The molecule has 0 fully saturated rings. The van der Waals surface area contributed by atoms with Gasteiger partial charge in [-0.2, -0.15) is 0 Å². The summed E-state index contributed by atoms with van der Waals surface area (Å²) in [4.78, 5) is 14.4. The third-order valence-electron chi connectivity index (χ3n) is 2.02. The number of nitro benzene ring substituents is 1. The Labute approximate surface area is 95.5 Å². The van der Waals surface area contributed by atoms with Crippen LogP contribution in [0.25, 0.3) is 0 Å². The lowest BCUT2D eigenvalue weighted by Gasteiger charge is -2.08. The highest BCUT2D eigenvalue weighted by atomic mass is 31.0. The van der Waals surface area contributed by atoms with Crippen LogP contribution in [0.1, 0.15) is 11.1 Å². The van der Waals surface area contributed by atoms with E-state index in [4.69, 9.17) is 0 Å².